The molecule has 0 aliphatic heterocycles. The highest BCUT2D eigenvalue weighted by Crippen LogP contribution is 2.24. The second kappa shape index (κ2) is 5.75. The maximum Gasteiger partial charge on any atom is 0.0900 e. The maximum absolute atomic E-state index is 4.47. The number of aryl methyl sites for hydroxylation is 2. The lowest BCUT2D eigenvalue weighted by molar-refractivity contribution is 0.335. The Bertz CT molecular complexity index is 333. The van der Waals surface area contributed by atoms with E-state index >= 15 is 0 Å². The van der Waals surface area contributed by atoms with E-state index in [-0.39, 0.29) is 0 Å². The molecular weight excluding hydrogens is 218 g/mol. The van der Waals surface area contributed by atoms with Crippen LogP contribution in [0.1, 0.15) is 35.5 Å². The van der Waals surface area contributed by atoms with Gasteiger partial charge in [0.15, 0.2) is 0 Å². The fraction of sp³-hybridized carbons (Fsp3) is 0.750. The molecule has 0 aromatic carbocycles. The van der Waals surface area contributed by atoms with Gasteiger partial charge in [-0.3, -0.25) is 0 Å². The third kappa shape index (κ3) is 3.85. The Balaban J connectivity index is 2.58. The number of rotatable bonds is 5. The van der Waals surface area contributed by atoms with Crippen LogP contribution < -0.4 is 5.32 Å². The summed E-state index contributed by atoms with van der Waals surface area (Å²) in [4.78, 5) is 8.04. The van der Waals surface area contributed by atoms with E-state index in [2.05, 4.69) is 57.0 Å². The van der Waals surface area contributed by atoms with E-state index in [0.29, 0.717) is 12.1 Å². The third-order valence-electron chi connectivity index (χ3n) is 2.51. The molecular formula is C12H23N3S. The number of thiazole rings is 1. The first-order valence-corrected chi connectivity index (χ1v) is 6.56. The molecule has 1 aromatic heterocycles. The summed E-state index contributed by atoms with van der Waals surface area (Å²) in [7, 11) is 4.20. The number of hydrogen-bond donors (Lipinski definition) is 1. The molecule has 1 N–H and O–H groups in total. The molecule has 0 bridgehead atoms. The van der Waals surface area contributed by atoms with Crippen molar-refractivity contribution < 1.29 is 0 Å². The van der Waals surface area contributed by atoms with Gasteiger partial charge in [0.05, 0.1) is 10.7 Å². The summed E-state index contributed by atoms with van der Waals surface area (Å²) in [5, 5.41) is 4.76. The summed E-state index contributed by atoms with van der Waals surface area (Å²) in [6, 6.07) is 0.882. The average Bonchev–Trinajstić information content (AvgIpc) is 2.43. The van der Waals surface area contributed by atoms with Gasteiger partial charge in [-0.05, 0) is 41.8 Å². The van der Waals surface area contributed by atoms with Crippen molar-refractivity contribution in [2.75, 3.05) is 20.6 Å². The molecule has 0 radical (unpaired) electrons. The standard InChI is InChI=1S/C12H23N3S/c1-8(7-15(5)6)13-9(2)12-10(3)14-11(4)16-12/h8-9,13H,7H2,1-6H3. The molecule has 1 rings (SSSR count). The number of nitrogens with zero attached hydrogens (tertiary/aromatic N) is 2. The molecule has 2 atom stereocenters. The van der Waals surface area contributed by atoms with Crippen LogP contribution in [0.25, 0.3) is 0 Å². The van der Waals surface area contributed by atoms with Crippen molar-refractivity contribution in [1.29, 1.82) is 0 Å². The van der Waals surface area contributed by atoms with E-state index in [0.717, 1.165) is 11.6 Å². The van der Waals surface area contributed by atoms with Gasteiger partial charge in [-0.15, -0.1) is 11.3 Å². The van der Waals surface area contributed by atoms with Crippen LogP contribution in [0.2, 0.25) is 0 Å². The number of likely N-dealkylation sites (N-methyl/N-ethyl adjacent to an activating group) is 1. The highest BCUT2D eigenvalue weighted by Gasteiger charge is 2.15. The lowest BCUT2D eigenvalue weighted by Gasteiger charge is -2.22. The van der Waals surface area contributed by atoms with Crippen LogP contribution in [-0.2, 0) is 0 Å². The van der Waals surface area contributed by atoms with Crippen LogP contribution in [-0.4, -0.2) is 36.6 Å². The minimum absolute atomic E-state index is 0.390. The minimum Gasteiger partial charge on any atom is -0.308 e. The summed E-state index contributed by atoms with van der Waals surface area (Å²) in [5.41, 5.74) is 1.17. The normalized spacial score (nSPS) is 15.4. The number of hydrogen-bond acceptors (Lipinski definition) is 4. The predicted molar refractivity (Wildman–Crippen MR) is 71.2 cm³/mol. The third-order valence-corrected chi connectivity index (χ3v) is 3.76. The zero-order valence-electron chi connectivity index (χ0n) is 11.2. The van der Waals surface area contributed by atoms with Gasteiger partial charge in [0.25, 0.3) is 0 Å². The lowest BCUT2D eigenvalue weighted by Crippen LogP contribution is -2.37. The molecule has 0 saturated heterocycles. The van der Waals surface area contributed by atoms with E-state index in [1.165, 1.54) is 10.6 Å². The van der Waals surface area contributed by atoms with Crippen molar-refractivity contribution in [3.8, 4) is 0 Å². The van der Waals surface area contributed by atoms with Gasteiger partial charge in [0.1, 0.15) is 0 Å². The van der Waals surface area contributed by atoms with Crippen LogP contribution in [0, 0.1) is 13.8 Å². The quantitative estimate of drug-likeness (QED) is 0.858. The molecule has 4 heteroatoms. The lowest BCUT2D eigenvalue weighted by atomic mass is 10.2. The Labute approximate surface area is 103 Å². The van der Waals surface area contributed by atoms with Gasteiger partial charge in [-0.25, -0.2) is 4.98 Å². The Hall–Kier alpha value is -0.450. The zero-order valence-corrected chi connectivity index (χ0v) is 12.0. The van der Waals surface area contributed by atoms with Crippen molar-refractivity contribution in [1.82, 2.24) is 15.2 Å². The van der Waals surface area contributed by atoms with Crippen molar-refractivity contribution in [3.63, 3.8) is 0 Å². The first-order chi connectivity index (χ1) is 7.40. The molecule has 1 aromatic rings. The first kappa shape index (κ1) is 13.6. The smallest absolute Gasteiger partial charge is 0.0900 e. The summed E-state index contributed by atoms with van der Waals surface area (Å²) in [6.45, 7) is 9.65. The Morgan fingerprint density at radius 3 is 2.38 bits per heavy atom. The molecule has 3 nitrogen and oxygen atoms in total. The van der Waals surface area contributed by atoms with Crippen LogP contribution in [0.4, 0.5) is 0 Å². The van der Waals surface area contributed by atoms with E-state index < -0.39 is 0 Å². The fourth-order valence-corrected chi connectivity index (χ4v) is 2.99. The largest absolute Gasteiger partial charge is 0.308 e. The molecule has 0 aliphatic carbocycles. The SMILES string of the molecule is Cc1nc(C)c(C(C)NC(C)CN(C)C)s1. The van der Waals surface area contributed by atoms with E-state index in [9.17, 15) is 0 Å². The molecule has 2 unspecified atom stereocenters. The van der Waals surface area contributed by atoms with Gasteiger partial charge in [0, 0.05) is 23.5 Å². The van der Waals surface area contributed by atoms with Crippen molar-refractivity contribution in [2.24, 2.45) is 0 Å². The van der Waals surface area contributed by atoms with Gasteiger partial charge in [0.2, 0.25) is 0 Å². The average molecular weight is 241 g/mol. The first-order valence-electron chi connectivity index (χ1n) is 5.75. The summed E-state index contributed by atoms with van der Waals surface area (Å²) >= 11 is 1.80. The summed E-state index contributed by atoms with van der Waals surface area (Å²) < 4.78 is 0. The Morgan fingerprint density at radius 2 is 1.94 bits per heavy atom. The van der Waals surface area contributed by atoms with Crippen molar-refractivity contribution in [2.45, 2.75) is 39.8 Å². The highest BCUT2D eigenvalue weighted by atomic mass is 32.1. The molecule has 0 fully saturated rings. The Kier molecular flexibility index (Phi) is 4.89. The van der Waals surface area contributed by atoms with E-state index in [1.807, 2.05) is 0 Å². The summed E-state index contributed by atoms with van der Waals surface area (Å²) in [6.07, 6.45) is 0. The fourth-order valence-electron chi connectivity index (χ4n) is 2.05. The number of nitrogens with one attached hydrogen (secondary N) is 1. The molecule has 0 spiro atoms. The minimum atomic E-state index is 0.390. The van der Waals surface area contributed by atoms with Gasteiger partial charge in [-0.2, -0.15) is 0 Å². The van der Waals surface area contributed by atoms with Crippen molar-refractivity contribution >= 4 is 11.3 Å². The Morgan fingerprint density at radius 1 is 1.31 bits per heavy atom. The zero-order chi connectivity index (χ0) is 12.3. The molecule has 0 aliphatic rings. The summed E-state index contributed by atoms with van der Waals surface area (Å²) in [5.74, 6) is 0. The second-order valence-corrected chi connectivity index (χ2v) is 5.97. The van der Waals surface area contributed by atoms with Gasteiger partial charge in [-0.1, -0.05) is 0 Å². The van der Waals surface area contributed by atoms with Crippen LogP contribution in [0.15, 0.2) is 0 Å². The van der Waals surface area contributed by atoms with E-state index in [1.54, 1.807) is 11.3 Å². The predicted octanol–water partition coefficient (Wildman–Crippen LogP) is 2.36. The van der Waals surface area contributed by atoms with Crippen LogP contribution in [0.3, 0.4) is 0 Å². The molecule has 92 valence electrons. The maximum atomic E-state index is 4.47. The monoisotopic (exact) mass is 241 g/mol. The topological polar surface area (TPSA) is 28.2 Å². The molecule has 0 saturated carbocycles. The van der Waals surface area contributed by atoms with Crippen LogP contribution in [0.5, 0.6) is 0 Å². The second-order valence-electron chi connectivity index (χ2n) is 4.73. The highest BCUT2D eigenvalue weighted by molar-refractivity contribution is 7.11. The number of aromatic nitrogens is 1. The molecule has 1 heterocycles. The van der Waals surface area contributed by atoms with Gasteiger partial charge < -0.3 is 10.2 Å². The van der Waals surface area contributed by atoms with Gasteiger partial charge >= 0.3 is 0 Å². The van der Waals surface area contributed by atoms with Crippen molar-refractivity contribution in [3.05, 3.63) is 15.6 Å². The molecule has 16 heavy (non-hydrogen) atoms. The van der Waals surface area contributed by atoms with E-state index in [4.69, 9.17) is 0 Å². The van der Waals surface area contributed by atoms with Crippen LogP contribution >= 0.6 is 11.3 Å². The molecule has 0 amide bonds.